The van der Waals surface area contributed by atoms with E-state index in [1.54, 1.807) is 6.07 Å². The molecule has 1 aromatic rings. The van der Waals surface area contributed by atoms with Crippen molar-refractivity contribution < 1.29 is 4.79 Å². The van der Waals surface area contributed by atoms with Crippen LogP contribution < -0.4 is 5.73 Å². The number of aryl methyl sites for hydroxylation is 1. The Morgan fingerprint density at radius 1 is 1.47 bits per heavy atom. The fourth-order valence-electron chi connectivity index (χ4n) is 1.63. The second-order valence-electron chi connectivity index (χ2n) is 4.10. The van der Waals surface area contributed by atoms with Gasteiger partial charge >= 0.3 is 0 Å². The minimum atomic E-state index is 0.356. The Bertz CT molecular complexity index is 385. The summed E-state index contributed by atoms with van der Waals surface area (Å²) in [6, 6.07) is 5.56. The first kappa shape index (κ1) is 10.5. The zero-order valence-corrected chi connectivity index (χ0v) is 9.26. The van der Waals surface area contributed by atoms with Gasteiger partial charge in [0, 0.05) is 12.3 Å². The number of ketones is 1. The van der Waals surface area contributed by atoms with Gasteiger partial charge in [-0.1, -0.05) is 17.7 Å². The zero-order valence-electron chi connectivity index (χ0n) is 8.50. The average Bonchev–Trinajstić information content (AvgIpc) is 3.03. The van der Waals surface area contributed by atoms with Crippen LogP contribution in [0.15, 0.2) is 18.2 Å². The van der Waals surface area contributed by atoms with Crippen molar-refractivity contribution in [2.45, 2.75) is 25.7 Å². The predicted octanol–water partition coefficient (Wildman–Crippen LogP) is 2.83. The Morgan fingerprint density at radius 2 is 2.20 bits per heavy atom. The van der Waals surface area contributed by atoms with Gasteiger partial charge in [0.25, 0.3) is 0 Å². The molecule has 3 heteroatoms. The number of anilines is 1. The summed E-state index contributed by atoms with van der Waals surface area (Å²) in [7, 11) is 0. The lowest BCUT2D eigenvalue weighted by Crippen LogP contribution is -2.02. The van der Waals surface area contributed by atoms with E-state index in [2.05, 4.69) is 0 Å². The molecule has 2 rings (SSSR count). The number of rotatable bonds is 4. The molecule has 0 amide bonds. The Kier molecular flexibility index (Phi) is 2.96. The van der Waals surface area contributed by atoms with E-state index in [-0.39, 0.29) is 0 Å². The topological polar surface area (TPSA) is 43.1 Å². The normalized spacial score (nSPS) is 15.3. The van der Waals surface area contributed by atoms with E-state index in [1.807, 2.05) is 12.1 Å². The van der Waals surface area contributed by atoms with Gasteiger partial charge in [0.2, 0.25) is 0 Å². The van der Waals surface area contributed by atoms with Gasteiger partial charge in [0.1, 0.15) is 5.78 Å². The van der Waals surface area contributed by atoms with Gasteiger partial charge in [0.05, 0.1) is 10.7 Å². The molecule has 1 aromatic carbocycles. The van der Waals surface area contributed by atoms with Crippen LogP contribution >= 0.6 is 11.6 Å². The van der Waals surface area contributed by atoms with Gasteiger partial charge in [-0.3, -0.25) is 4.79 Å². The highest BCUT2D eigenvalue weighted by Crippen LogP contribution is 2.31. The summed E-state index contributed by atoms with van der Waals surface area (Å²) < 4.78 is 0. The lowest BCUT2D eigenvalue weighted by atomic mass is 10.1. The number of nitrogens with two attached hydrogens (primary N) is 1. The van der Waals surface area contributed by atoms with Gasteiger partial charge in [-0.2, -0.15) is 0 Å². The molecule has 80 valence electrons. The SMILES string of the molecule is Nc1cc(CCC(=O)C2CC2)ccc1Cl. The van der Waals surface area contributed by atoms with Crippen molar-refractivity contribution in [3.63, 3.8) is 0 Å². The molecule has 0 unspecified atom stereocenters. The minimum Gasteiger partial charge on any atom is -0.398 e. The highest BCUT2D eigenvalue weighted by Gasteiger charge is 2.28. The van der Waals surface area contributed by atoms with Gasteiger partial charge in [-0.25, -0.2) is 0 Å². The van der Waals surface area contributed by atoms with Crippen LogP contribution in [0.5, 0.6) is 0 Å². The van der Waals surface area contributed by atoms with Crippen LogP contribution in [0, 0.1) is 5.92 Å². The zero-order chi connectivity index (χ0) is 10.8. The first-order valence-corrected chi connectivity index (χ1v) is 5.61. The molecule has 0 atom stereocenters. The highest BCUT2D eigenvalue weighted by molar-refractivity contribution is 6.33. The summed E-state index contributed by atoms with van der Waals surface area (Å²) >= 11 is 5.81. The van der Waals surface area contributed by atoms with Crippen molar-refractivity contribution in [1.82, 2.24) is 0 Å². The third kappa shape index (κ3) is 2.72. The van der Waals surface area contributed by atoms with Crippen LogP contribution in [0.3, 0.4) is 0 Å². The fraction of sp³-hybridized carbons (Fsp3) is 0.417. The summed E-state index contributed by atoms with van der Waals surface area (Å²) in [6.45, 7) is 0. The van der Waals surface area contributed by atoms with Crippen molar-refractivity contribution in [2.75, 3.05) is 5.73 Å². The number of carbonyl (C=O) groups is 1. The molecule has 0 spiro atoms. The molecule has 1 aliphatic carbocycles. The first-order chi connectivity index (χ1) is 7.16. The lowest BCUT2D eigenvalue weighted by Gasteiger charge is -2.03. The molecule has 0 aromatic heterocycles. The van der Waals surface area contributed by atoms with Crippen molar-refractivity contribution in [3.8, 4) is 0 Å². The molecule has 0 heterocycles. The average molecular weight is 224 g/mol. The number of Topliss-reactive ketones (excluding diaryl/α,β-unsaturated/α-hetero) is 1. The number of halogens is 1. The Hall–Kier alpha value is -1.02. The molecule has 0 bridgehead atoms. The number of hydrogen-bond donors (Lipinski definition) is 1. The maximum Gasteiger partial charge on any atom is 0.136 e. The largest absolute Gasteiger partial charge is 0.398 e. The standard InChI is InChI=1S/C12H14ClNO/c13-10-5-1-8(7-11(10)14)2-6-12(15)9-3-4-9/h1,5,7,9H,2-4,6,14H2. The van der Waals surface area contributed by atoms with Gasteiger partial charge in [-0.05, 0) is 37.0 Å². The second-order valence-corrected chi connectivity index (χ2v) is 4.50. The maximum atomic E-state index is 11.5. The van der Waals surface area contributed by atoms with Crippen molar-refractivity contribution in [1.29, 1.82) is 0 Å². The molecular formula is C12H14ClNO. The van der Waals surface area contributed by atoms with Gasteiger partial charge in [0.15, 0.2) is 0 Å². The molecule has 0 radical (unpaired) electrons. The van der Waals surface area contributed by atoms with E-state index in [0.717, 1.165) is 24.8 Å². The van der Waals surface area contributed by atoms with Crippen LogP contribution in [0.4, 0.5) is 5.69 Å². The Morgan fingerprint density at radius 3 is 2.80 bits per heavy atom. The van der Waals surface area contributed by atoms with Crippen LogP contribution in [0.1, 0.15) is 24.8 Å². The van der Waals surface area contributed by atoms with Crippen molar-refractivity contribution in [2.24, 2.45) is 5.92 Å². The quantitative estimate of drug-likeness (QED) is 0.798. The van der Waals surface area contributed by atoms with E-state index < -0.39 is 0 Å². The summed E-state index contributed by atoms with van der Waals surface area (Å²) in [5, 5.41) is 0.576. The maximum absolute atomic E-state index is 11.5. The monoisotopic (exact) mass is 223 g/mol. The lowest BCUT2D eigenvalue weighted by molar-refractivity contribution is -0.120. The molecule has 2 nitrogen and oxygen atoms in total. The molecule has 1 saturated carbocycles. The van der Waals surface area contributed by atoms with E-state index >= 15 is 0 Å². The van der Waals surface area contributed by atoms with Crippen LogP contribution in [0.2, 0.25) is 5.02 Å². The number of benzene rings is 1. The molecule has 2 N–H and O–H groups in total. The van der Waals surface area contributed by atoms with Gasteiger partial charge in [-0.15, -0.1) is 0 Å². The molecule has 0 aliphatic heterocycles. The molecular weight excluding hydrogens is 210 g/mol. The third-order valence-corrected chi connectivity index (χ3v) is 3.10. The number of hydrogen-bond acceptors (Lipinski definition) is 2. The van der Waals surface area contributed by atoms with Crippen molar-refractivity contribution in [3.05, 3.63) is 28.8 Å². The molecule has 1 fully saturated rings. The van der Waals surface area contributed by atoms with Gasteiger partial charge < -0.3 is 5.73 Å². The van der Waals surface area contributed by atoms with E-state index in [1.165, 1.54) is 0 Å². The highest BCUT2D eigenvalue weighted by atomic mass is 35.5. The number of nitrogen functional groups attached to an aromatic ring is 1. The minimum absolute atomic E-state index is 0.356. The van der Waals surface area contributed by atoms with E-state index in [9.17, 15) is 4.79 Å². The Labute approximate surface area is 94.4 Å². The summed E-state index contributed by atoms with van der Waals surface area (Å²) in [5.41, 5.74) is 7.36. The van der Waals surface area contributed by atoms with E-state index in [0.29, 0.717) is 28.8 Å². The summed E-state index contributed by atoms with van der Waals surface area (Å²) in [4.78, 5) is 11.5. The summed E-state index contributed by atoms with van der Waals surface area (Å²) in [6.07, 6.45) is 3.58. The first-order valence-electron chi connectivity index (χ1n) is 5.23. The Balaban J connectivity index is 1.92. The van der Waals surface area contributed by atoms with Crippen LogP contribution in [-0.4, -0.2) is 5.78 Å². The molecule has 15 heavy (non-hydrogen) atoms. The van der Waals surface area contributed by atoms with Crippen LogP contribution in [0.25, 0.3) is 0 Å². The summed E-state index contributed by atoms with van der Waals surface area (Å²) in [5.74, 6) is 0.748. The van der Waals surface area contributed by atoms with Crippen LogP contribution in [-0.2, 0) is 11.2 Å². The predicted molar refractivity (Wildman–Crippen MR) is 61.9 cm³/mol. The molecule has 1 aliphatic rings. The molecule has 0 saturated heterocycles. The number of carbonyl (C=O) groups excluding carboxylic acids is 1. The fourth-order valence-corrected chi connectivity index (χ4v) is 1.74. The second kappa shape index (κ2) is 4.23. The third-order valence-electron chi connectivity index (χ3n) is 2.75. The van der Waals surface area contributed by atoms with Crippen molar-refractivity contribution >= 4 is 23.1 Å². The van der Waals surface area contributed by atoms with E-state index in [4.69, 9.17) is 17.3 Å². The smallest absolute Gasteiger partial charge is 0.136 e.